The summed E-state index contributed by atoms with van der Waals surface area (Å²) in [6.45, 7) is 2.88. The Balaban J connectivity index is 0.00000200. The summed E-state index contributed by atoms with van der Waals surface area (Å²) >= 11 is 5.87. The Morgan fingerprint density at radius 1 is 1.55 bits per heavy atom. The van der Waals surface area contributed by atoms with Crippen molar-refractivity contribution in [3.05, 3.63) is 29.3 Å². The van der Waals surface area contributed by atoms with Gasteiger partial charge in [-0.05, 0) is 18.2 Å². The second kappa shape index (κ2) is 8.44. The minimum Gasteiger partial charge on any atom is -0.374 e. The third-order valence-corrected chi connectivity index (χ3v) is 3.20. The van der Waals surface area contributed by atoms with Crippen molar-refractivity contribution in [3.63, 3.8) is 0 Å². The summed E-state index contributed by atoms with van der Waals surface area (Å²) in [6, 6.07) is 7.11. The second-order valence-electron chi connectivity index (χ2n) is 4.52. The predicted octanol–water partition coefficient (Wildman–Crippen LogP) is 1.36. The molecule has 5 nitrogen and oxygen atoms in total. The monoisotopic (exact) mass is 319 g/mol. The van der Waals surface area contributed by atoms with E-state index < -0.39 is 0 Å². The molecule has 1 amide bonds. The summed E-state index contributed by atoms with van der Waals surface area (Å²) < 4.78 is 5.46. The first-order valence-corrected chi connectivity index (χ1v) is 6.64. The highest BCUT2D eigenvalue weighted by Crippen LogP contribution is 2.15. The van der Waals surface area contributed by atoms with Gasteiger partial charge in [0.15, 0.2) is 0 Å². The fourth-order valence-electron chi connectivity index (χ4n) is 2.04. The molecular weight excluding hydrogens is 301 g/mol. The van der Waals surface area contributed by atoms with E-state index in [-0.39, 0.29) is 24.4 Å². The Labute approximate surface area is 129 Å². The smallest absolute Gasteiger partial charge is 0.238 e. The summed E-state index contributed by atoms with van der Waals surface area (Å²) in [5, 5.41) is 3.43. The van der Waals surface area contributed by atoms with Gasteiger partial charge in [-0.3, -0.25) is 9.69 Å². The Morgan fingerprint density at radius 3 is 3.05 bits per heavy atom. The third kappa shape index (κ3) is 5.26. The van der Waals surface area contributed by atoms with Crippen LogP contribution in [0, 0.1) is 0 Å². The van der Waals surface area contributed by atoms with Gasteiger partial charge < -0.3 is 15.8 Å². The van der Waals surface area contributed by atoms with Gasteiger partial charge in [-0.15, -0.1) is 12.4 Å². The molecule has 1 aliphatic rings. The van der Waals surface area contributed by atoms with Crippen molar-refractivity contribution >= 4 is 35.6 Å². The van der Waals surface area contributed by atoms with E-state index in [0.29, 0.717) is 37.0 Å². The minimum atomic E-state index is -0.0556. The second-order valence-corrected chi connectivity index (χ2v) is 4.96. The molecule has 7 heteroatoms. The number of rotatable bonds is 4. The van der Waals surface area contributed by atoms with Crippen LogP contribution in [0.15, 0.2) is 24.3 Å². The largest absolute Gasteiger partial charge is 0.374 e. The minimum absolute atomic E-state index is 0. The molecule has 1 aliphatic heterocycles. The Morgan fingerprint density at radius 2 is 2.35 bits per heavy atom. The van der Waals surface area contributed by atoms with Crippen LogP contribution in [0.5, 0.6) is 0 Å². The molecular formula is C13H19Cl2N3O2. The van der Waals surface area contributed by atoms with Gasteiger partial charge >= 0.3 is 0 Å². The van der Waals surface area contributed by atoms with Crippen molar-refractivity contribution in [3.8, 4) is 0 Å². The molecule has 1 unspecified atom stereocenters. The molecule has 1 saturated heterocycles. The van der Waals surface area contributed by atoms with Crippen molar-refractivity contribution in [1.29, 1.82) is 0 Å². The van der Waals surface area contributed by atoms with Crippen molar-refractivity contribution in [2.45, 2.75) is 6.10 Å². The molecule has 1 atom stereocenters. The third-order valence-electron chi connectivity index (χ3n) is 2.96. The number of amides is 1. The van der Waals surface area contributed by atoms with Gasteiger partial charge in [0.2, 0.25) is 5.91 Å². The van der Waals surface area contributed by atoms with Crippen molar-refractivity contribution in [1.82, 2.24) is 4.90 Å². The Bertz CT molecular complexity index is 445. The zero-order chi connectivity index (χ0) is 13.7. The molecule has 0 saturated carbocycles. The fourth-order valence-corrected chi connectivity index (χ4v) is 2.23. The van der Waals surface area contributed by atoms with Crippen LogP contribution in [0.25, 0.3) is 0 Å². The number of nitrogens with zero attached hydrogens (tertiary/aromatic N) is 1. The maximum Gasteiger partial charge on any atom is 0.238 e. The van der Waals surface area contributed by atoms with Crippen LogP contribution in [0.1, 0.15) is 0 Å². The van der Waals surface area contributed by atoms with E-state index in [1.165, 1.54) is 0 Å². The molecule has 0 aliphatic carbocycles. The van der Waals surface area contributed by atoms with Crippen LogP contribution >= 0.6 is 24.0 Å². The SMILES string of the molecule is Cl.NCC1CN(CC(=O)Nc2cccc(Cl)c2)CCO1. The topological polar surface area (TPSA) is 67.6 Å². The predicted molar refractivity (Wildman–Crippen MR) is 82.6 cm³/mol. The van der Waals surface area contributed by atoms with E-state index in [9.17, 15) is 4.79 Å². The number of carbonyl (C=O) groups is 1. The van der Waals surface area contributed by atoms with E-state index in [2.05, 4.69) is 5.32 Å². The Kier molecular flexibility index (Phi) is 7.26. The van der Waals surface area contributed by atoms with E-state index in [4.69, 9.17) is 22.1 Å². The number of anilines is 1. The quantitative estimate of drug-likeness (QED) is 0.879. The average molecular weight is 320 g/mol. The van der Waals surface area contributed by atoms with Gasteiger partial charge in [-0.25, -0.2) is 0 Å². The molecule has 112 valence electrons. The van der Waals surface area contributed by atoms with Crippen molar-refractivity contribution in [2.24, 2.45) is 5.73 Å². The maximum absolute atomic E-state index is 11.9. The van der Waals surface area contributed by atoms with Crippen molar-refractivity contribution < 1.29 is 9.53 Å². The van der Waals surface area contributed by atoms with Gasteiger partial charge in [-0.1, -0.05) is 17.7 Å². The molecule has 0 aromatic heterocycles. The van der Waals surface area contributed by atoms with Crippen LogP contribution in [0.2, 0.25) is 5.02 Å². The van der Waals surface area contributed by atoms with E-state index in [0.717, 1.165) is 6.54 Å². The molecule has 2 rings (SSSR count). The van der Waals surface area contributed by atoms with E-state index in [1.54, 1.807) is 18.2 Å². The Hall–Kier alpha value is -0.850. The van der Waals surface area contributed by atoms with Crippen LogP contribution in [-0.4, -0.2) is 49.7 Å². The number of ether oxygens (including phenoxy) is 1. The first kappa shape index (κ1) is 17.2. The summed E-state index contributed by atoms with van der Waals surface area (Å²) in [5.74, 6) is -0.0556. The molecule has 1 heterocycles. The first-order chi connectivity index (χ1) is 9.17. The zero-order valence-electron chi connectivity index (χ0n) is 11.0. The summed E-state index contributed by atoms with van der Waals surface area (Å²) in [4.78, 5) is 14.0. The molecule has 1 fully saturated rings. The molecule has 20 heavy (non-hydrogen) atoms. The number of nitrogens with one attached hydrogen (secondary N) is 1. The van der Waals surface area contributed by atoms with Crippen LogP contribution in [0.3, 0.4) is 0 Å². The first-order valence-electron chi connectivity index (χ1n) is 6.27. The highest BCUT2D eigenvalue weighted by molar-refractivity contribution is 6.30. The van der Waals surface area contributed by atoms with Gasteiger partial charge in [0.1, 0.15) is 0 Å². The number of hydrogen-bond donors (Lipinski definition) is 2. The average Bonchev–Trinajstić information content (AvgIpc) is 2.38. The van der Waals surface area contributed by atoms with Gasteiger partial charge in [0.05, 0.1) is 19.3 Å². The molecule has 1 aromatic rings. The highest BCUT2D eigenvalue weighted by atomic mass is 35.5. The lowest BCUT2D eigenvalue weighted by Gasteiger charge is -2.31. The lowest BCUT2D eigenvalue weighted by Crippen LogP contribution is -2.48. The fraction of sp³-hybridized carbons (Fsp3) is 0.462. The van der Waals surface area contributed by atoms with E-state index in [1.807, 2.05) is 11.0 Å². The molecule has 0 bridgehead atoms. The van der Waals surface area contributed by atoms with Crippen LogP contribution < -0.4 is 11.1 Å². The molecule has 1 aromatic carbocycles. The molecule has 3 N–H and O–H groups in total. The summed E-state index contributed by atoms with van der Waals surface area (Å²) in [6.07, 6.45) is 0.0210. The number of carbonyl (C=O) groups excluding carboxylic acids is 1. The van der Waals surface area contributed by atoms with Gasteiger partial charge in [-0.2, -0.15) is 0 Å². The number of nitrogens with two attached hydrogens (primary N) is 1. The van der Waals surface area contributed by atoms with E-state index >= 15 is 0 Å². The zero-order valence-corrected chi connectivity index (χ0v) is 12.6. The highest BCUT2D eigenvalue weighted by Gasteiger charge is 2.20. The molecule has 0 spiro atoms. The van der Waals surface area contributed by atoms with Gasteiger partial charge in [0, 0.05) is 30.3 Å². The standard InChI is InChI=1S/C13H18ClN3O2.ClH/c14-10-2-1-3-11(6-10)16-13(18)9-17-4-5-19-12(7-15)8-17;/h1-3,6,12H,4-5,7-9,15H2,(H,16,18);1H. The molecule has 0 radical (unpaired) electrons. The maximum atomic E-state index is 11.9. The normalized spacial score (nSPS) is 19.2. The number of morpholine rings is 1. The lowest BCUT2D eigenvalue weighted by atomic mass is 10.2. The van der Waals surface area contributed by atoms with Crippen LogP contribution in [-0.2, 0) is 9.53 Å². The number of hydrogen-bond acceptors (Lipinski definition) is 4. The number of benzene rings is 1. The van der Waals surface area contributed by atoms with Crippen LogP contribution in [0.4, 0.5) is 5.69 Å². The number of halogens is 2. The summed E-state index contributed by atoms with van der Waals surface area (Å²) in [5.41, 5.74) is 6.28. The van der Waals surface area contributed by atoms with Gasteiger partial charge in [0.25, 0.3) is 0 Å². The van der Waals surface area contributed by atoms with Crippen molar-refractivity contribution in [2.75, 3.05) is 38.1 Å². The summed E-state index contributed by atoms with van der Waals surface area (Å²) in [7, 11) is 0. The lowest BCUT2D eigenvalue weighted by molar-refractivity contribution is -0.119.